The molecule has 1 heterocycles. The van der Waals surface area contributed by atoms with Crippen molar-refractivity contribution in [3.8, 4) is 0 Å². The average molecular weight is 287 g/mol. The molecule has 0 amide bonds. The Morgan fingerprint density at radius 3 is 2.62 bits per heavy atom. The number of benzene rings is 2. The summed E-state index contributed by atoms with van der Waals surface area (Å²) < 4.78 is 28.8. The second-order valence-electron chi connectivity index (χ2n) is 5.16. The molecule has 2 aromatic carbocycles. The second-order valence-corrected chi connectivity index (χ2v) is 5.16. The normalized spacial score (nSPS) is 12.8. The zero-order valence-corrected chi connectivity index (χ0v) is 11.8. The highest BCUT2D eigenvalue weighted by molar-refractivity contribution is 5.78. The first-order chi connectivity index (χ1) is 9.97. The van der Waals surface area contributed by atoms with Gasteiger partial charge in [0.1, 0.15) is 11.6 Å². The van der Waals surface area contributed by atoms with Gasteiger partial charge >= 0.3 is 0 Å². The molecular formula is C16H15F2N3. The molecule has 1 atom stereocenters. The van der Waals surface area contributed by atoms with Crippen molar-refractivity contribution in [2.75, 3.05) is 5.73 Å². The Morgan fingerprint density at radius 1 is 1.14 bits per heavy atom. The molecule has 0 fully saturated rings. The van der Waals surface area contributed by atoms with E-state index in [9.17, 15) is 8.78 Å². The van der Waals surface area contributed by atoms with E-state index in [0.29, 0.717) is 11.1 Å². The molecule has 0 saturated carbocycles. The number of aromatic nitrogens is 2. The van der Waals surface area contributed by atoms with Gasteiger partial charge < -0.3 is 10.3 Å². The fourth-order valence-corrected chi connectivity index (χ4v) is 2.52. The first-order valence-corrected chi connectivity index (χ1v) is 6.66. The summed E-state index contributed by atoms with van der Waals surface area (Å²) in [6.45, 7) is 3.62. The van der Waals surface area contributed by atoms with Crippen molar-refractivity contribution >= 4 is 17.0 Å². The van der Waals surface area contributed by atoms with Crippen LogP contribution in [0.1, 0.15) is 24.1 Å². The summed E-state index contributed by atoms with van der Waals surface area (Å²) in [5.41, 5.74) is 8.54. The van der Waals surface area contributed by atoms with E-state index in [2.05, 4.69) is 4.98 Å². The van der Waals surface area contributed by atoms with Crippen LogP contribution in [0.2, 0.25) is 0 Å². The molecule has 5 heteroatoms. The largest absolute Gasteiger partial charge is 0.369 e. The van der Waals surface area contributed by atoms with Crippen molar-refractivity contribution in [1.29, 1.82) is 0 Å². The van der Waals surface area contributed by atoms with Gasteiger partial charge in [0.25, 0.3) is 0 Å². The van der Waals surface area contributed by atoms with Crippen molar-refractivity contribution < 1.29 is 8.78 Å². The van der Waals surface area contributed by atoms with E-state index in [1.807, 2.05) is 13.0 Å². The van der Waals surface area contributed by atoms with E-state index in [4.69, 9.17) is 5.73 Å². The minimum Gasteiger partial charge on any atom is -0.369 e. The third-order valence-electron chi connectivity index (χ3n) is 3.74. The van der Waals surface area contributed by atoms with Crippen molar-refractivity contribution in [1.82, 2.24) is 9.55 Å². The molecule has 2 N–H and O–H groups in total. The summed E-state index contributed by atoms with van der Waals surface area (Å²) in [6, 6.07) is 9.22. The standard InChI is InChI=1S/C16H15F2N3/c1-9-3-4-11(7-13(9)18)10(2)21-15-6-5-12(17)8-14(15)20-16(21)19/h3-8,10H,1-2H3,(H2,19,20). The number of anilines is 1. The molecule has 1 unspecified atom stereocenters. The third-order valence-corrected chi connectivity index (χ3v) is 3.74. The number of rotatable bonds is 2. The topological polar surface area (TPSA) is 43.8 Å². The summed E-state index contributed by atoms with van der Waals surface area (Å²) in [6.07, 6.45) is 0. The predicted molar refractivity (Wildman–Crippen MR) is 79.1 cm³/mol. The van der Waals surface area contributed by atoms with E-state index in [1.165, 1.54) is 18.2 Å². The van der Waals surface area contributed by atoms with Crippen molar-refractivity contribution in [3.63, 3.8) is 0 Å². The molecule has 0 saturated heterocycles. The number of aryl methyl sites for hydroxylation is 1. The van der Waals surface area contributed by atoms with Gasteiger partial charge in [0, 0.05) is 6.07 Å². The van der Waals surface area contributed by atoms with Crippen LogP contribution in [0.3, 0.4) is 0 Å². The molecule has 0 aliphatic rings. The van der Waals surface area contributed by atoms with Crippen molar-refractivity contribution in [2.45, 2.75) is 19.9 Å². The molecule has 1 aromatic heterocycles. The van der Waals surface area contributed by atoms with Gasteiger partial charge in [-0.3, -0.25) is 0 Å². The maximum atomic E-state index is 13.7. The number of imidazole rings is 1. The quantitative estimate of drug-likeness (QED) is 0.778. The van der Waals surface area contributed by atoms with Gasteiger partial charge in [-0.1, -0.05) is 12.1 Å². The summed E-state index contributed by atoms with van der Waals surface area (Å²) in [5, 5.41) is 0. The van der Waals surface area contributed by atoms with Crippen molar-refractivity contribution in [3.05, 3.63) is 59.2 Å². The molecule has 0 spiro atoms. The zero-order valence-electron chi connectivity index (χ0n) is 11.8. The Kier molecular flexibility index (Phi) is 3.12. The molecule has 3 nitrogen and oxygen atoms in total. The van der Waals surface area contributed by atoms with Crippen LogP contribution in [0.4, 0.5) is 14.7 Å². The van der Waals surface area contributed by atoms with E-state index >= 15 is 0 Å². The van der Waals surface area contributed by atoms with E-state index in [0.717, 1.165) is 11.1 Å². The number of nitrogens with zero attached hydrogens (tertiary/aromatic N) is 2. The SMILES string of the molecule is Cc1ccc(C(C)n2c(N)nc3cc(F)ccc32)cc1F. The fraction of sp³-hybridized carbons (Fsp3) is 0.188. The maximum absolute atomic E-state index is 13.7. The molecule has 0 radical (unpaired) electrons. The van der Waals surface area contributed by atoms with Crippen molar-refractivity contribution in [2.24, 2.45) is 0 Å². The van der Waals surface area contributed by atoms with Gasteiger partial charge in [-0.05, 0) is 43.2 Å². The molecule has 108 valence electrons. The number of hydrogen-bond acceptors (Lipinski definition) is 2. The van der Waals surface area contributed by atoms with Crippen LogP contribution in [0.15, 0.2) is 36.4 Å². The third kappa shape index (κ3) is 2.24. The molecule has 0 aliphatic heterocycles. The minimum absolute atomic E-state index is 0.199. The maximum Gasteiger partial charge on any atom is 0.201 e. The van der Waals surface area contributed by atoms with Gasteiger partial charge in [-0.25, -0.2) is 13.8 Å². The lowest BCUT2D eigenvalue weighted by Crippen LogP contribution is -2.10. The summed E-state index contributed by atoms with van der Waals surface area (Å²) in [4.78, 5) is 4.17. The number of nitrogen functional groups attached to an aromatic ring is 1. The Balaban J connectivity index is 2.14. The number of hydrogen-bond donors (Lipinski definition) is 1. The minimum atomic E-state index is -0.360. The molecular weight excluding hydrogens is 272 g/mol. The van der Waals surface area contributed by atoms with Crippen LogP contribution in [0.5, 0.6) is 0 Å². The predicted octanol–water partition coefficient (Wildman–Crippen LogP) is 3.81. The zero-order chi connectivity index (χ0) is 15.1. The lowest BCUT2D eigenvalue weighted by Gasteiger charge is -2.17. The van der Waals surface area contributed by atoms with E-state index < -0.39 is 0 Å². The van der Waals surface area contributed by atoms with Gasteiger partial charge in [-0.15, -0.1) is 0 Å². The van der Waals surface area contributed by atoms with Crippen LogP contribution >= 0.6 is 0 Å². The van der Waals surface area contributed by atoms with Crippen LogP contribution in [0.25, 0.3) is 11.0 Å². The highest BCUT2D eigenvalue weighted by Gasteiger charge is 2.16. The van der Waals surface area contributed by atoms with Crippen LogP contribution < -0.4 is 5.73 Å². The summed E-state index contributed by atoms with van der Waals surface area (Å²) in [7, 11) is 0. The Labute approximate surface area is 121 Å². The van der Waals surface area contributed by atoms with E-state index in [-0.39, 0.29) is 23.6 Å². The smallest absolute Gasteiger partial charge is 0.201 e. The molecule has 0 bridgehead atoms. The first-order valence-electron chi connectivity index (χ1n) is 6.66. The van der Waals surface area contributed by atoms with Gasteiger partial charge in [0.05, 0.1) is 17.1 Å². The second kappa shape index (κ2) is 4.84. The average Bonchev–Trinajstić information content (AvgIpc) is 2.76. The molecule has 0 aliphatic carbocycles. The van der Waals surface area contributed by atoms with Crippen LogP contribution in [-0.4, -0.2) is 9.55 Å². The summed E-state index contributed by atoms with van der Waals surface area (Å²) >= 11 is 0. The molecule has 21 heavy (non-hydrogen) atoms. The lowest BCUT2D eigenvalue weighted by molar-refractivity contribution is 0.604. The molecule has 3 aromatic rings. The first kappa shape index (κ1) is 13.5. The van der Waals surface area contributed by atoms with Crippen LogP contribution in [-0.2, 0) is 0 Å². The highest BCUT2D eigenvalue weighted by Crippen LogP contribution is 2.28. The van der Waals surface area contributed by atoms with Gasteiger partial charge in [0.15, 0.2) is 0 Å². The van der Waals surface area contributed by atoms with E-state index in [1.54, 1.807) is 23.6 Å². The molecule has 3 rings (SSSR count). The lowest BCUT2D eigenvalue weighted by atomic mass is 10.1. The number of halogens is 2. The Bertz CT molecular complexity index is 824. The van der Waals surface area contributed by atoms with Gasteiger partial charge in [-0.2, -0.15) is 0 Å². The van der Waals surface area contributed by atoms with Gasteiger partial charge in [0.2, 0.25) is 5.95 Å². The highest BCUT2D eigenvalue weighted by atomic mass is 19.1. The monoisotopic (exact) mass is 287 g/mol. The number of nitrogens with two attached hydrogens (primary N) is 1. The Hall–Kier alpha value is -2.43. The Morgan fingerprint density at radius 2 is 1.90 bits per heavy atom. The fourth-order valence-electron chi connectivity index (χ4n) is 2.52. The van der Waals surface area contributed by atoms with Crippen LogP contribution in [0, 0.1) is 18.6 Å². The number of fused-ring (bicyclic) bond motifs is 1. The summed E-state index contributed by atoms with van der Waals surface area (Å²) in [5.74, 6) is -0.335.